The molecule has 1 fully saturated rings. The van der Waals surface area contributed by atoms with Crippen molar-refractivity contribution in [3.8, 4) is 0 Å². The average molecular weight is 298 g/mol. The summed E-state index contributed by atoms with van der Waals surface area (Å²) < 4.78 is 0. The number of hydrogen-bond acceptors (Lipinski definition) is 6. The molecule has 0 spiro atoms. The van der Waals surface area contributed by atoms with Crippen molar-refractivity contribution in [1.82, 2.24) is 9.97 Å². The third kappa shape index (κ3) is 2.93. The number of aromatic nitrogens is 2. The van der Waals surface area contributed by atoms with Crippen LogP contribution in [0.1, 0.15) is 5.56 Å². The molecule has 22 heavy (non-hydrogen) atoms. The van der Waals surface area contributed by atoms with E-state index in [1.807, 2.05) is 36.5 Å². The molecule has 0 bridgehead atoms. The number of piperazine rings is 1. The molecule has 1 saturated heterocycles. The first-order valence-electron chi connectivity index (χ1n) is 7.13. The number of rotatable bonds is 3. The van der Waals surface area contributed by atoms with Gasteiger partial charge in [0.1, 0.15) is 11.6 Å². The number of anilines is 2. The summed E-state index contributed by atoms with van der Waals surface area (Å²) in [6, 6.07) is 9.65. The second kappa shape index (κ2) is 6.30. The minimum Gasteiger partial charge on any atom is -0.409 e. The maximum atomic E-state index is 8.66. The number of nitrogens with zero attached hydrogens (tertiary/aromatic N) is 5. The van der Waals surface area contributed by atoms with Gasteiger partial charge in [-0.15, -0.1) is 0 Å². The molecular weight excluding hydrogens is 280 g/mol. The molecule has 0 aliphatic carbocycles. The van der Waals surface area contributed by atoms with E-state index in [4.69, 9.17) is 10.9 Å². The predicted molar refractivity (Wildman–Crippen MR) is 85.4 cm³/mol. The van der Waals surface area contributed by atoms with Crippen LogP contribution in [0.2, 0.25) is 0 Å². The maximum absolute atomic E-state index is 8.66. The molecule has 3 heterocycles. The van der Waals surface area contributed by atoms with Crippen LogP contribution in [0.4, 0.5) is 11.6 Å². The van der Waals surface area contributed by atoms with Crippen LogP contribution in [0.25, 0.3) is 0 Å². The lowest BCUT2D eigenvalue weighted by atomic mass is 10.2. The van der Waals surface area contributed by atoms with Crippen LogP contribution in [-0.2, 0) is 0 Å². The van der Waals surface area contributed by atoms with Gasteiger partial charge in [-0.05, 0) is 24.3 Å². The van der Waals surface area contributed by atoms with Gasteiger partial charge < -0.3 is 20.7 Å². The number of nitrogens with two attached hydrogens (primary N) is 1. The Hall–Kier alpha value is -2.83. The highest BCUT2D eigenvalue weighted by Crippen LogP contribution is 2.17. The Kier molecular flexibility index (Phi) is 4.04. The Morgan fingerprint density at radius 1 is 1.00 bits per heavy atom. The minimum atomic E-state index is 0.0685. The molecule has 0 aromatic carbocycles. The van der Waals surface area contributed by atoms with Crippen LogP contribution in [0.3, 0.4) is 0 Å². The van der Waals surface area contributed by atoms with Crippen molar-refractivity contribution >= 4 is 17.5 Å². The predicted octanol–water partition coefficient (Wildman–Crippen LogP) is 0.898. The number of amidine groups is 1. The van der Waals surface area contributed by atoms with Crippen LogP contribution in [-0.4, -0.2) is 47.2 Å². The molecule has 2 aromatic rings. The fraction of sp³-hybridized carbons (Fsp3) is 0.267. The van der Waals surface area contributed by atoms with E-state index < -0.39 is 0 Å². The Morgan fingerprint density at radius 3 is 2.18 bits per heavy atom. The summed E-state index contributed by atoms with van der Waals surface area (Å²) in [7, 11) is 0. The monoisotopic (exact) mass is 298 g/mol. The largest absolute Gasteiger partial charge is 0.409 e. The van der Waals surface area contributed by atoms with Crippen molar-refractivity contribution in [2.75, 3.05) is 36.0 Å². The van der Waals surface area contributed by atoms with E-state index >= 15 is 0 Å². The van der Waals surface area contributed by atoms with Crippen molar-refractivity contribution in [2.45, 2.75) is 0 Å². The molecule has 0 unspecified atom stereocenters. The molecule has 2 aromatic heterocycles. The van der Waals surface area contributed by atoms with Crippen molar-refractivity contribution in [1.29, 1.82) is 0 Å². The van der Waals surface area contributed by atoms with Gasteiger partial charge in [0.25, 0.3) is 0 Å². The Balaban J connectivity index is 1.64. The van der Waals surface area contributed by atoms with E-state index in [2.05, 4.69) is 24.9 Å². The number of hydrogen-bond donors (Lipinski definition) is 2. The molecule has 0 saturated carbocycles. The molecule has 114 valence electrons. The molecule has 0 radical (unpaired) electrons. The fourth-order valence-corrected chi connectivity index (χ4v) is 2.49. The number of oxime groups is 1. The van der Waals surface area contributed by atoms with Gasteiger partial charge in [-0.3, -0.25) is 0 Å². The zero-order chi connectivity index (χ0) is 15.4. The van der Waals surface area contributed by atoms with E-state index in [-0.39, 0.29) is 5.84 Å². The average Bonchev–Trinajstić information content (AvgIpc) is 2.62. The van der Waals surface area contributed by atoms with E-state index in [9.17, 15) is 0 Å². The molecule has 1 aliphatic rings. The summed E-state index contributed by atoms with van der Waals surface area (Å²) in [5, 5.41) is 11.6. The van der Waals surface area contributed by atoms with E-state index in [0.717, 1.165) is 37.8 Å². The minimum absolute atomic E-state index is 0.0685. The molecule has 7 nitrogen and oxygen atoms in total. The maximum Gasteiger partial charge on any atom is 0.171 e. The van der Waals surface area contributed by atoms with Gasteiger partial charge in [0.15, 0.2) is 5.84 Å². The molecule has 3 N–H and O–H groups in total. The van der Waals surface area contributed by atoms with Crippen LogP contribution in [0.5, 0.6) is 0 Å². The first-order valence-corrected chi connectivity index (χ1v) is 7.13. The third-order valence-corrected chi connectivity index (χ3v) is 3.73. The zero-order valence-corrected chi connectivity index (χ0v) is 12.1. The van der Waals surface area contributed by atoms with Gasteiger partial charge in [0, 0.05) is 44.1 Å². The van der Waals surface area contributed by atoms with Gasteiger partial charge in [0.2, 0.25) is 0 Å². The van der Waals surface area contributed by atoms with Crippen molar-refractivity contribution in [3.05, 3.63) is 48.3 Å². The molecule has 0 amide bonds. The summed E-state index contributed by atoms with van der Waals surface area (Å²) in [6.45, 7) is 3.57. The number of pyridine rings is 2. The van der Waals surface area contributed by atoms with E-state index in [1.54, 1.807) is 6.20 Å². The van der Waals surface area contributed by atoms with Gasteiger partial charge >= 0.3 is 0 Å². The highest BCUT2D eigenvalue weighted by Gasteiger charge is 2.18. The van der Waals surface area contributed by atoms with E-state index in [0.29, 0.717) is 5.56 Å². The summed E-state index contributed by atoms with van der Waals surface area (Å²) in [4.78, 5) is 13.3. The first kappa shape index (κ1) is 14.1. The fourth-order valence-electron chi connectivity index (χ4n) is 2.49. The second-order valence-electron chi connectivity index (χ2n) is 5.05. The highest BCUT2D eigenvalue weighted by molar-refractivity contribution is 5.96. The summed E-state index contributed by atoms with van der Waals surface area (Å²) in [6.07, 6.45) is 3.44. The van der Waals surface area contributed by atoms with Gasteiger partial charge in [-0.2, -0.15) is 0 Å². The van der Waals surface area contributed by atoms with Gasteiger partial charge in [0.05, 0.1) is 0 Å². The van der Waals surface area contributed by atoms with Crippen molar-refractivity contribution < 1.29 is 5.21 Å². The Labute approximate surface area is 128 Å². The topological polar surface area (TPSA) is 90.9 Å². The summed E-state index contributed by atoms with van der Waals surface area (Å²) >= 11 is 0. The Bertz CT molecular complexity index is 635. The van der Waals surface area contributed by atoms with Crippen LogP contribution < -0.4 is 15.5 Å². The first-order chi connectivity index (χ1) is 10.8. The lowest BCUT2D eigenvalue weighted by Gasteiger charge is -2.36. The highest BCUT2D eigenvalue weighted by atomic mass is 16.4. The van der Waals surface area contributed by atoms with Crippen molar-refractivity contribution in [3.63, 3.8) is 0 Å². The normalized spacial score (nSPS) is 15.9. The van der Waals surface area contributed by atoms with Crippen LogP contribution >= 0.6 is 0 Å². The van der Waals surface area contributed by atoms with Crippen LogP contribution in [0, 0.1) is 0 Å². The SMILES string of the molecule is N/C(=N\O)c1ccc(N2CCN(c3ccccn3)CC2)nc1. The van der Waals surface area contributed by atoms with Gasteiger partial charge in [-0.25, -0.2) is 9.97 Å². The second-order valence-corrected chi connectivity index (χ2v) is 5.05. The molecule has 1 aliphatic heterocycles. The zero-order valence-electron chi connectivity index (χ0n) is 12.1. The molecule has 7 heteroatoms. The lowest BCUT2D eigenvalue weighted by Crippen LogP contribution is -2.47. The van der Waals surface area contributed by atoms with E-state index in [1.165, 1.54) is 0 Å². The standard InChI is InChI=1S/C15H18N6O/c16-15(19-22)12-4-5-14(18-11-12)21-9-7-20(8-10-21)13-3-1-2-6-17-13/h1-6,11,22H,7-10H2,(H2,16,19). The van der Waals surface area contributed by atoms with Crippen LogP contribution in [0.15, 0.2) is 47.9 Å². The van der Waals surface area contributed by atoms with Crippen molar-refractivity contribution in [2.24, 2.45) is 10.9 Å². The quantitative estimate of drug-likeness (QED) is 0.379. The summed E-state index contributed by atoms with van der Waals surface area (Å²) in [5.41, 5.74) is 6.15. The molecule has 0 atom stereocenters. The Morgan fingerprint density at radius 2 is 1.68 bits per heavy atom. The third-order valence-electron chi connectivity index (χ3n) is 3.73. The van der Waals surface area contributed by atoms with Gasteiger partial charge in [-0.1, -0.05) is 11.2 Å². The summed E-state index contributed by atoms with van der Waals surface area (Å²) in [5.74, 6) is 1.98. The smallest absolute Gasteiger partial charge is 0.171 e. The molecule has 3 rings (SSSR count). The molecular formula is C15H18N6O. The lowest BCUT2D eigenvalue weighted by molar-refractivity contribution is 0.318.